The molecule has 3 rings (SSSR count). The van der Waals surface area contributed by atoms with E-state index in [0.717, 1.165) is 28.8 Å². The van der Waals surface area contributed by atoms with Crippen molar-refractivity contribution in [2.75, 3.05) is 5.32 Å². The van der Waals surface area contributed by atoms with E-state index in [4.69, 9.17) is 0 Å². The summed E-state index contributed by atoms with van der Waals surface area (Å²) >= 11 is 0. The van der Waals surface area contributed by atoms with Gasteiger partial charge in [-0.25, -0.2) is 0 Å². The van der Waals surface area contributed by atoms with E-state index in [1.807, 2.05) is 49.4 Å². The maximum absolute atomic E-state index is 12.1. The molecule has 2 nitrogen and oxygen atoms in total. The number of allylic oxidation sites excluding steroid dienone is 1. The number of anilines is 1. The van der Waals surface area contributed by atoms with Crippen molar-refractivity contribution in [2.24, 2.45) is 0 Å². The molecule has 1 aliphatic rings. The van der Waals surface area contributed by atoms with Crippen molar-refractivity contribution < 1.29 is 4.79 Å². The molecule has 1 aliphatic heterocycles. The molecular weight excluding hydrogens is 234 g/mol. The second-order valence-corrected chi connectivity index (χ2v) is 4.82. The minimum absolute atomic E-state index is 0.00892. The molecular formula is C17H15NO. The predicted octanol–water partition coefficient (Wildman–Crippen LogP) is 3.65. The van der Waals surface area contributed by atoms with Crippen LogP contribution >= 0.6 is 0 Å². The fraction of sp³-hybridized carbons (Fsp3) is 0.118. The number of hydrogen-bond donors (Lipinski definition) is 1. The van der Waals surface area contributed by atoms with Crippen molar-refractivity contribution in [1.82, 2.24) is 0 Å². The molecule has 0 saturated heterocycles. The van der Waals surface area contributed by atoms with Crippen LogP contribution in [-0.4, -0.2) is 5.91 Å². The Labute approximate surface area is 112 Å². The Hall–Kier alpha value is -2.35. The smallest absolute Gasteiger partial charge is 0.256 e. The van der Waals surface area contributed by atoms with Gasteiger partial charge in [0.2, 0.25) is 0 Å². The van der Waals surface area contributed by atoms with Gasteiger partial charge in [-0.1, -0.05) is 54.1 Å². The van der Waals surface area contributed by atoms with E-state index in [1.54, 1.807) is 0 Å². The Morgan fingerprint density at radius 3 is 2.47 bits per heavy atom. The zero-order chi connectivity index (χ0) is 13.2. The van der Waals surface area contributed by atoms with Crippen molar-refractivity contribution in [3.8, 4) is 0 Å². The molecule has 0 fully saturated rings. The molecule has 94 valence electrons. The Kier molecular flexibility index (Phi) is 2.92. The lowest BCUT2D eigenvalue weighted by atomic mass is 9.97. The van der Waals surface area contributed by atoms with E-state index in [2.05, 4.69) is 17.4 Å². The molecule has 2 aromatic carbocycles. The maximum atomic E-state index is 12.1. The summed E-state index contributed by atoms with van der Waals surface area (Å²) in [6, 6.07) is 18.1. The Bertz CT molecular complexity index is 656. The van der Waals surface area contributed by atoms with E-state index < -0.39 is 0 Å². The van der Waals surface area contributed by atoms with Crippen LogP contribution < -0.4 is 5.32 Å². The molecule has 0 saturated carbocycles. The Morgan fingerprint density at radius 2 is 1.68 bits per heavy atom. The number of carbonyl (C=O) groups excluding carboxylic acids is 1. The molecule has 0 atom stereocenters. The average Bonchev–Trinajstić information content (AvgIpc) is 2.75. The van der Waals surface area contributed by atoms with Gasteiger partial charge in [0.15, 0.2) is 0 Å². The van der Waals surface area contributed by atoms with E-state index in [1.165, 1.54) is 5.56 Å². The van der Waals surface area contributed by atoms with Crippen LogP contribution in [0.3, 0.4) is 0 Å². The molecule has 1 heterocycles. The van der Waals surface area contributed by atoms with E-state index in [-0.39, 0.29) is 5.91 Å². The Balaban J connectivity index is 2.00. The van der Waals surface area contributed by atoms with Gasteiger partial charge in [-0.15, -0.1) is 0 Å². The van der Waals surface area contributed by atoms with Gasteiger partial charge < -0.3 is 5.32 Å². The van der Waals surface area contributed by atoms with Crippen molar-refractivity contribution in [3.05, 3.63) is 71.3 Å². The second-order valence-electron chi connectivity index (χ2n) is 4.82. The van der Waals surface area contributed by atoms with Gasteiger partial charge in [-0.3, -0.25) is 4.79 Å². The zero-order valence-electron chi connectivity index (χ0n) is 10.8. The van der Waals surface area contributed by atoms with Crippen LogP contribution in [0.5, 0.6) is 0 Å². The number of nitrogens with one attached hydrogen (secondary N) is 1. The summed E-state index contributed by atoms with van der Waals surface area (Å²) in [5.74, 6) is 0.00892. The van der Waals surface area contributed by atoms with Crippen LogP contribution in [0, 0.1) is 0 Å². The standard InChI is InChI=1S/C17H15NO/c1-12(11-13-7-3-2-4-8-13)16-14-9-5-6-10-15(14)18-17(16)19/h2-10H,11H2,1H3,(H,18,19)/b16-12-. The summed E-state index contributed by atoms with van der Waals surface area (Å²) in [4.78, 5) is 12.1. The Morgan fingerprint density at radius 1 is 1.00 bits per heavy atom. The summed E-state index contributed by atoms with van der Waals surface area (Å²) in [5, 5.41) is 2.92. The summed E-state index contributed by atoms with van der Waals surface area (Å²) in [6.07, 6.45) is 0.803. The molecule has 1 N–H and O–H groups in total. The van der Waals surface area contributed by atoms with Gasteiger partial charge in [0, 0.05) is 16.8 Å². The first-order chi connectivity index (χ1) is 9.25. The zero-order valence-corrected chi connectivity index (χ0v) is 10.8. The molecule has 0 radical (unpaired) electrons. The van der Waals surface area contributed by atoms with Crippen LogP contribution in [0.25, 0.3) is 5.57 Å². The third-order valence-corrected chi connectivity index (χ3v) is 3.41. The largest absolute Gasteiger partial charge is 0.321 e. The van der Waals surface area contributed by atoms with Gasteiger partial charge in [0.1, 0.15) is 0 Å². The first-order valence-corrected chi connectivity index (χ1v) is 6.40. The highest BCUT2D eigenvalue weighted by Gasteiger charge is 2.25. The topological polar surface area (TPSA) is 29.1 Å². The number of benzene rings is 2. The molecule has 2 heteroatoms. The third-order valence-electron chi connectivity index (χ3n) is 3.41. The van der Waals surface area contributed by atoms with Crippen molar-refractivity contribution in [3.63, 3.8) is 0 Å². The van der Waals surface area contributed by atoms with E-state index in [9.17, 15) is 4.79 Å². The number of fused-ring (bicyclic) bond motifs is 1. The molecule has 0 unspecified atom stereocenters. The number of rotatable bonds is 2. The minimum atomic E-state index is 0.00892. The normalized spacial score (nSPS) is 15.9. The fourth-order valence-corrected chi connectivity index (χ4v) is 2.53. The van der Waals surface area contributed by atoms with Gasteiger partial charge in [0.25, 0.3) is 5.91 Å². The first-order valence-electron chi connectivity index (χ1n) is 6.40. The summed E-state index contributed by atoms with van der Waals surface area (Å²) in [6.45, 7) is 2.03. The highest BCUT2D eigenvalue weighted by molar-refractivity contribution is 6.32. The second kappa shape index (κ2) is 4.73. The molecule has 0 spiro atoms. The predicted molar refractivity (Wildman–Crippen MR) is 77.8 cm³/mol. The van der Waals surface area contributed by atoms with Crippen LogP contribution in [0.4, 0.5) is 5.69 Å². The molecule has 2 aromatic rings. The number of carbonyl (C=O) groups is 1. The molecule has 0 aromatic heterocycles. The average molecular weight is 249 g/mol. The first kappa shape index (κ1) is 11.7. The van der Waals surface area contributed by atoms with Gasteiger partial charge in [-0.05, 0) is 25.0 Å². The van der Waals surface area contributed by atoms with E-state index >= 15 is 0 Å². The number of amides is 1. The summed E-state index contributed by atoms with van der Waals surface area (Å²) in [5.41, 5.74) is 5.08. The molecule has 1 amide bonds. The minimum Gasteiger partial charge on any atom is -0.321 e. The molecule has 19 heavy (non-hydrogen) atoms. The maximum Gasteiger partial charge on any atom is 0.256 e. The van der Waals surface area contributed by atoms with Crippen LogP contribution in [0.15, 0.2) is 60.2 Å². The summed E-state index contributed by atoms with van der Waals surface area (Å²) in [7, 11) is 0. The van der Waals surface area contributed by atoms with Gasteiger partial charge in [-0.2, -0.15) is 0 Å². The van der Waals surface area contributed by atoms with Crippen LogP contribution in [-0.2, 0) is 11.2 Å². The lowest BCUT2D eigenvalue weighted by Gasteiger charge is -2.06. The monoisotopic (exact) mass is 249 g/mol. The van der Waals surface area contributed by atoms with Crippen molar-refractivity contribution in [2.45, 2.75) is 13.3 Å². The quantitative estimate of drug-likeness (QED) is 0.809. The lowest BCUT2D eigenvalue weighted by molar-refractivity contribution is -0.110. The van der Waals surface area contributed by atoms with Crippen LogP contribution in [0.2, 0.25) is 0 Å². The number of para-hydroxylation sites is 1. The molecule has 0 bridgehead atoms. The third kappa shape index (κ3) is 2.17. The van der Waals surface area contributed by atoms with Gasteiger partial charge in [0.05, 0.1) is 0 Å². The highest BCUT2D eigenvalue weighted by atomic mass is 16.2. The summed E-state index contributed by atoms with van der Waals surface area (Å²) < 4.78 is 0. The molecule has 0 aliphatic carbocycles. The highest BCUT2D eigenvalue weighted by Crippen LogP contribution is 2.34. The van der Waals surface area contributed by atoms with Gasteiger partial charge >= 0.3 is 0 Å². The van der Waals surface area contributed by atoms with Crippen LogP contribution in [0.1, 0.15) is 18.1 Å². The number of hydrogen-bond acceptors (Lipinski definition) is 1. The fourth-order valence-electron chi connectivity index (χ4n) is 2.53. The SMILES string of the molecule is C/C(Cc1ccccc1)=C1/C(=O)Nc2ccccc21. The van der Waals surface area contributed by atoms with Crippen molar-refractivity contribution >= 4 is 17.2 Å². The van der Waals surface area contributed by atoms with E-state index in [0.29, 0.717) is 0 Å². The van der Waals surface area contributed by atoms with Crippen molar-refractivity contribution in [1.29, 1.82) is 0 Å². The lowest BCUT2D eigenvalue weighted by Crippen LogP contribution is -2.06.